The first-order valence-corrected chi connectivity index (χ1v) is 5.90. The Labute approximate surface area is 106 Å². The van der Waals surface area contributed by atoms with Crippen LogP contribution >= 0.6 is 21.9 Å². The summed E-state index contributed by atoms with van der Waals surface area (Å²) in [6, 6.07) is 0. The molecule has 3 aromatic rings. The van der Waals surface area contributed by atoms with Crippen molar-refractivity contribution in [3.8, 4) is 0 Å². The highest BCUT2D eigenvalue weighted by Gasteiger charge is 2.14. The average molecular weight is 266 g/mol. The molecule has 0 N–H and O–H groups in total. The fourth-order valence-electron chi connectivity index (χ4n) is 1.43. The van der Waals surface area contributed by atoms with Gasteiger partial charge in [0, 0.05) is 37.2 Å². The Balaban J connectivity index is 0.00000108. The van der Waals surface area contributed by atoms with Gasteiger partial charge < -0.3 is 0 Å². The number of nitrogens with zero attached hydrogens (tertiary/aromatic N) is 6. The van der Waals surface area contributed by atoms with Gasteiger partial charge in [0.25, 0.3) is 0 Å². The minimum Gasteiger partial charge on any atom is -0.280 e. The molecule has 0 aliphatic heterocycles. The quantitative estimate of drug-likeness (QED) is 0.676. The molecule has 8 heteroatoms. The summed E-state index contributed by atoms with van der Waals surface area (Å²) in [4.78, 5) is 12.2. The van der Waals surface area contributed by atoms with E-state index in [9.17, 15) is 0 Å². The Hall–Kier alpha value is -1.59. The largest absolute Gasteiger partial charge is 0.280 e. The van der Waals surface area contributed by atoms with Crippen molar-refractivity contribution in [2.45, 2.75) is 0 Å². The molecule has 0 aromatic carbocycles. The maximum atomic E-state index is 4.07. The Morgan fingerprint density at radius 1 is 0.647 bits per heavy atom. The molecule has 0 radical (unpaired) electrons. The monoisotopic (exact) mass is 266 g/mol. The standard InChI is InChI=1S/C9H9N6P.H2S/c1-4-13(7-10-1)16(14-5-2-11-8-14)15-6-3-12-9-15;/h1-9H;1H2. The van der Waals surface area contributed by atoms with Crippen molar-refractivity contribution in [2.24, 2.45) is 0 Å². The second-order valence-corrected chi connectivity index (χ2v) is 5.02. The highest BCUT2D eigenvalue weighted by atomic mass is 32.1. The second-order valence-electron chi connectivity index (χ2n) is 3.10. The van der Waals surface area contributed by atoms with Crippen LogP contribution in [0, 0.1) is 0 Å². The van der Waals surface area contributed by atoms with Crippen LogP contribution < -0.4 is 0 Å². The number of rotatable bonds is 3. The van der Waals surface area contributed by atoms with Gasteiger partial charge in [-0.2, -0.15) is 13.5 Å². The van der Waals surface area contributed by atoms with Crippen molar-refractivity contribution < 1.29 is 0 Å². The van der Waals surface area contributed by atoms with Crippen molar-refractivity contribution >= 4 is 21.9 Å². The van der Waals surface area contributed by atoms with E-state index in [4.69, 9.17) is 0 Å². The highest BCUT2D eigenvalue weighted by molar-refractivity contribution is 7.59. The van der Waals surface area contributed by atoms with Crippen molar-refractivity contribution in [3.63, 3.8) is 0 Å². The van der Waals surface area contributed by atoms with Gasteiger partial charge in [0.2, 0.25) is 8.37 Å². The number of imidazole rings is 3. The first-order chi connectivity index (χ1) is 7.95. The van der Waals surface area contributed by atoms with Gasteiger partial charge in [0.15, 0.2) is 0 Å². The molecule has 0 saturated carbocycles. The number of aromatic nitrogens is 6. The van der Waals surface area contributed by atoms with Gasteiger partial charge >= 0.3 is 0 Å². The fraction of sp³-hybridized carbons (Fsp3) is 0. The molecular weight excluding hydrogens is 255 g/mol. The molecular formula is C9H11N6PS. The lowest BCUT2D eigenvalue weighted by Gasteiger charge is -2.18. The molecule has 0 fully saturated rings. The number of hydrogen-bond acceptors (Lipinski definition) is 3. The van der Waals surface area contributed by atoms with E-state index in [2.05, 4.69) is 15.0 Å². The third kappa shape index (κ3) is 2.25. The van der Waals surface area contributed by atoms with E-state index in [1.165, 1.54) is 0 Å². The third-order valence-electron chi connectivity index (χ3n) is 2.09. The SMILES string of the molecule is S.c1cn(P(n2ccnc2)n2ccnc2)cn1. The molecule has 0 aliphatic carbocycles. The van der Waals surface area contributed by atoms with Crippen LogP contribution in [0.25, 0.3) is 0 Å². The van der Waals surface area contributed by atoms with Gasteiger partial charge in [-0.1, -0.05) is 0 Å². The smallest absolute Gasteiger partial charge is 0.223 e. The minimum absolute atomic E-state index is 0. The molecule has 17 heavy (non-hydrogen) atoms. The van der Waals surface area contributed by atoms with Crippen molar-refractivity contribution in [1.82, 2.24) is 28.0 Å². The summed E-state index contributed by atoms with van der Waals surface area (Å²) in [7, 11) is -0.772. The van der Waals surface area contributed by atoms with Crippen molar-refractivity contribution in [3.05, 3.63) is 56.2 Å². The Morgan fingerprint density at radius 3 is 1.24 bits per heavy atom. The summed E-state index contributed by atoms with van der Waals surface area (Å²) in [5, 5.41) is 0. The van der Waals surface area contributed by atoms with Crippen LogP contribution in [0.2, 0.25) is 0 Å². The van der Waals surface area contributed by atoms with E-state index in [-0.39, 0.29) is 13.5 Å². The molecule has 0 aliphatic rings. The van der Waals surface area contributed by atoms with Gasteiger partial charge in [-0.15, -0.1) is 0 Å². The van der Waals surface area contributed by atoms with Crippen molar-refractivity contribution in [2.75, 3.05) is 0 Å². The first kappa shape index (κ1) is 11.9. The highest BCUT2D eigenvalue weighted by Crippen LogP contribution is 2.39. The van der Waals surface area contributed by atoms with Crippen LogP contribution in [0.4, 0.5) is 0 Å². The van der Waals surface area contributed by atoms with Gasteiger partial charge in [0.1, 0.15) is 19.0 Å². The lowest BCUT2D eigenvalue weighted by atomic mass is 11.0. The Morgan fingerprint density at radius 2 is 1.00 bits per heavy atom. The predicted molar refractivity (Wildman–Crippen MR) is 70.2 cm³/mol. The van der Waals surface area contributed by atoms with Gasteiger partial charge in [0.05, 0.1) is 0 Å². The van der Waals surface area contributed by atoms with Gasteiger partial charge in [-0.3, -0.25) is 13.0 Å². The maximum absolute atomic E-state index is 4.07. The van der Waals surface area contributed by atoms with Crippen LogP contribution in [0.5, 0.6) is 0 Å². The summed E-state index contributed by atoms with van der Waals surface area (Å²) in [5.74, 6) is 0. The molecule has 3 rings (SSSR count). The molecule has 88 valence electrons. The van der Waals surface area contributed by atoms with E-state index in [1.807, 2.05) is 31.6 Å². The summed E-state index contributed by atoms with van der Waals surface area (Å²) in [6.07, 6.45) is 16.5. The van der Waals surface area contributed by atoms with E-state index in [0.717, 1.165) is 0 Å². The molecule has 0 bridgehead atoms. The van der Waals surface area contributed by atoms with Crippen LogP contribution in [0.1, 0.15) is 0 Å². The molecule has 0 spiro atoms. The van der Waals surface area contributed by atoms with Crippen LogP contribution in [-0.4, -0.2) is 28.0 Å². The van der Waals surface area contributed by atoms with E-state index in [1.54, 1.807) is 37.6 Å². The van der Waals surface area contributed by atoms with E-state index in [0.29, 0.717) is 0 Å². The lowest BCUT2D eigenvalue weighted by Crippen LogP contribution is -2.04. The normalized spacial score (nSPS) is 10.4. The molecule has 0 amide bonds. The maximum Gasteiger partial charge on any atom is 0.223 e. The van der Waals surface area contributed by atoms with Gasteiger partial charge in [-0.05, 0) is 0 Å². The summed E-state index contributed by atoms with van der Waals surface area (Å²) >= 11 is 0. The van der Waals surface area contributed by atoms with Gasteiger partial charge in [-0.25, -0.2) is 15.0 Å². The van der Waals surface area contributed by atoms with Crippen LogP contribution in [0.15, 0.2) is 56.2 Å². The number of hydrogen-bond donors (Lipinski definition) is 0. The zero-order chi connectivity index (χ0) is 10.8. The third-order valence-corrected chi connectivity index (χ3v) is 4.04. The summed E-state index contributed by atoms with van der Waals surface area (Å²) in [6.45, 7) is 0. The molecule has 0 saturated heterocycles. The first-order valence-electron chi connectivity index (χ1n) is 4.70. The topological polar surface area (TPSA) is 53.5 Å². The Kier molecular flexibility index (Phi) is 3.61. The molecule has 3 heterocycles. The minimum atomic E-state index is -0.772. The zero-order valence-corrected chi connectivity index (χ0v) is 10.7. The van der Waals surface area contributed by atoms with Crippen LogP contribution in [-0.2, 0) is 0 Å². The van der Waals surface area contributed by atoms with E-state index >= 15 is 0 Å². The lowest BCUT2D eigenvalue weighted by molar-refractivity contribution is 1.03. The summed E-state index contributed by atoms with van der Waals surface area (Å²) < 4.78 is 6.12. The predicted octanol–water partition coefficient (Wildman–Crippen LogP) is 1.56. The van der Waals surface area contributed by atoms with Crippen LogP contribution in [0.3, 0.4) is 0 Å². The molecule has 0 unspecified atom stereocenters. The molecule has 6 nitrogen and oxygen atoms in total. The van der Waals surface area contributed by atoms with Crippen molar-refractivity contribution in [1.29, 1.82) is 0 Å². The average Bonchev–Trinajstić information content (AvgIpc) is 3.02. The fourth-order valence-corrected chi connectivity index (χ4v) is 3.14. The zero-order valence-electron chi connectivity index (χ0n) is 8.83. The Bertz CT molecular complexity index is 451. The molecule has 3 aromatic heterocycles. The summed E-state index contributed by atoms with van der Waals surface area (Å²) in [5.41, 5.74) is 0. The second kappa shape index (κ2) is 5.16. The molecule has 0 atom stereocenters. The van der Waals surface area contributed by atoms with E-state index < -0.39 is 8.37 Å².